The van der Waals surface area contributed by atoms with Crippen molar-refractivity contribution < 1.29 is 9.53 Å². The summed E-state index contributed by atoms with van der Waals surface area (Å²) in [6.07, 6.45) is 3.15. The van der Waals surface area contributed by atoms with E-state index < -0.39 is 0 Å². The van der Waals surface area contributed by atoms with Crippen molar-refractivity contribution in [1.82, 2.24) is 0 Å². The van der Waals surface area contributed by atoms with Gasteiger partial charge in [0.05, 0.1) is 7.11 Å². The number of nitrogens with one attached hydrogen (secondary N) is 1. The van der Waals surface area contributed by atoms with E-state index in [1.165, 1.54) is 13.2 Å². The van der Waals surface area contributed by atoms with Gasteiger partial charge in [0.1, 0.15) is 0 Å². The number of rotatable bonds is 3. The number of ether oxygens (including phenoxy) is 1. The molecule has 0 saturated heterocycles. The summed E-state index contributed by atoms with van der Waals surface area (Å²) in [6, 6.07) is 6.00. The van der Waals surface area contributed by atoms with Crippen LogP contribution in [0.1, 0.15) is 11.1 Å². The Morgan fingerprint density at radius 2 is 2.20 bits per heavy atom. The lowest BCUT2D eigenvalue weighted by Gasteiger charge is -2.05. The van der Waals surface area contributed by atoms with Crippen LogP contribution in [0.25, 0.3) is 6.08 Å². The minimum absolute atomic E-state index is 0.349. The van der Waals surface area contributed by atoms with Crippen LogP contribution in [-0.2, 0) is 9.53 Å². The van der Waals surface area contributed by atoms with Gasteiger partial charge >= 0.3 is 5.97 Å². The van der Waals surface area contributed by atoms with Gasteiger partial charge in [0.25, 0.3) is 0 Å². The fourth-order valence-corrected chi connectivity index (χ4v) is 1.27. The van der Waals surface area contributed by atoms with Gasteiger partial charge in [-0.3, -0.25) is 0 Å². The molecule has 1 aromatic carbocycles. The predicted octanol–water partition coefficient (Wildman–Crippen LogP) is 2.22. The van der Waals surface area contributed by atoms with Gasteiger partial charge in [0.15, 0.2) is 0 Å². The Kier molecular flexibility index (Phi) is 3.92. The monoisotopic (exact) mass is 205 g/mol. The van der Waals surface area contributed by atoms with Gasteiger partial charge in [0.2, 0.25) is 0 Å². The van der Waals surface area contributed by atoms with Gasteiger partial charge in [-0.1, -0.05) is 11.6 Å². The Morgan fingerprint density at radius 1 is 1.47 bits per heavy atom. The summed E-state index contributed by atoms with van der Waals surface area (Å²) in [7, 11) is 3.21. The zero-order chi connectivity index (χ0) is 11.3. The molecule has 3 nitrogen and oxygen atoms in total. The van der Waals surface area contributed by atoms with Crippen LogP contribution in [-0.4, -0.2) is 20.1 Å². The molecule has 0 heterocycles. The number of anilines is 1. The zero-order valence-corrected chi connectivity index (χ0v) is 9.20. The second-order valence-corrected chi connectivity index (χ2v) is 3.20. The molecule has 0 bridgehead atoms. The molecule has 0 aromatic heterocycles. The highest BCUT2D eigenvalue weighted by Crippen LogP contribution is 2.18. The van der Waals surface area contributed by atoms with E-state index in [2.05, 4.69) is 10.1 Å². The molecule has 0 aliphatic carbocycles. The molecule has 0 spiro atoms. The largest absolute Gasteiger partial charge is 0.466 e. The summed E-state index contributed by atoms with van der Waals surface area (Å²) in [5.74, 6) is -0.349. The van der Waals surface area contributed by atoms with Crippen molar-refractivity contribution in [2.24, 2.45) is 0 Å². The third kappa shape index (κ3) is 3.13. The first-order valence-electron chi connectivity index (χ1n) is 4.72. The van der Waals surface area contributed by atoms with Gasteiger partial charge in [-0.25, -0.2) is 4.79 Å². The number of carbonyl (C=O) groups is 1. The number of hydrogen-bond acceptors (Lipinski definition) is 3. The molecule has 15 heavy (non-hydrogen) atoms. The highest BCUT2D eigenvalue weighted by atomic mass is 16.5. The Morgan fingerprint density at radius 3 is 2.80 bits per heavy atom. The van der Waals surface area contributed by atoms with Crippen LogP contribution in [0.15, 0.2) is 24.3 Å². The predicted molar refractivity (Wildman–Crippen MR) is 61.8 cm³/mol. The summed E-state index contributed by atoms with van der Waals surface area (Å²) in [6.45, 7) is 2.01. The number of benzene rings is 1. The van der Waals surface area contributed by atoms with Gasteiger partial charge in [-0.2, -0.15) is 0 Å². The maximum absolute atomic E-state index is 10.9. The minimum atomic E-state index is -0.349. The molecule has 1 N–H and O–H groups in total. The molecule has 80 valence electrons. The minimum Gasteiger partial charge on any atom is -0.466 e. The Bertz CT molecular complexity index is 383. The molecule has 0 radical (unpaired) electrons. The van der Waals surface area contributed by atoms with Crippen molar-refractivity contribution in [2.45, 2.75) is 6.92 Å². The first-order valence-corrected chi connectivity index (χ1v) is 4.72. The Labute approximate surface area is 89.8 Å². The van der Waals surface area contributed by atoms with E-state index in [0.717, 1.165) is 16.8 Å². The van der Waals surface area contributed by atoms with E-state index in [1.807, 2.05) is 32.2 Å². The number of methoxy groups -OCH3 is 1. The average Bonchev–Trinajstić information content (AvgIpc) is 2.26. The van der Waals surface area contributed by atoms with Crippen molar-refractivity contribution >= 4 is 17.7 Å². The molecular weight excluding hydrogens is 190 g/mol. The van der Waals surface area contributed by atoms with Crippen LogP contribution in [0.4, 0.5) is 5.69 Å². The van der Waals surface area contributed by atoms with Crippen molar-refractivity contribution in [3.63, 3.8) is 0 Å². The van der Waals surface area contributed by atoms with E-state index in [4.69, 9.17) is 0 Å². The maximum Gasteiger partial charge on any atom is 0.330 e. The third-order valence-electron chi connectivity index (χ3n) is 2.08. The summed E-state index contributed by atoms with van der Waals surface area (Å²) in [5, 5.41) is 3.06. The average molecular weight is 205 g/mol. The molecule has 0 aliphatic heterocycles. The first-order chi connectivity index (χ1) is 7.17. The Balaban J connectivity index is 2.96. The van der Waals surface area contributed by atoms with E-state index >= 15 is 0 Å². The van der Waals surface area contributed by atoms with Crippen LogP contribution in [0.5, 0.6) is 0 Å². The summed E-state index contributed by atoms with van der Waals surface area (Å²) < 4.78 is 4.53. The molecule has 0 amide bonds. The van der Waals surface area contributed by atoms with Crippen molar-refractivity contribution in [2.75, 3.05) is 19.5 Å². The van der Waals surface area contributed by atoms with Gasteiger partial charge in [-0.05, 0) is 30.7 Å². The van der Waals surface area contributed by atoms with Crippen molar-refractivity contribution in [1.29, 1.82) is 0 Å². The van der Waals surface area contributed by atoms with E-state index in [1.54, 1.807) is 6.08 Å². The quantitative estimate of drug-likeness (QED) is 0.607. The lowest BCUT2D eigenvalue weighted by atomic mass is 10.1. The second-order valence-electron chi connectivity index (χ2n) is 3.20. The molecule has 0 fully saturated rings. The summed E-state index contributed by atoms with van der Waals surface area (Å²) in [4.78, 5) is 10.9. The highest BCUT2D eigenvalue weighted by molar-refractivity contribution is 5.88. The standard InChI is InChI=1S/C12H15NO2/c1-9-4-6-11(13-2)10(8-9)5-7-12(14)15-3/h4-8,13H,1-3H3/b7-5+. The van der Waals surface area contributed by atoms with Crippen LogP contribution in [0.3, 0.4) is 0 Å². The second kappa shape index (κ2) is 5.20. The molecule has 0 unspecified atom stereocenters. The fraction of sp³-hybridized carbons (Fsp3) is 0.250. The molecule has 3 heteroatoms. The number of aryl methyl sites for hydroxylation is 1. The van der Waals surface area contributed by atoms with Crippen molar-refractivity contribution in [3.8, 4) is 0 Å². The number of hydrogen-bond donors (Lipinski definition) is 1. The molecule has 1 aromatic rings. The molecule has 0 aliphatic rings. The van der Waals surface area contributed by atoms with Crippen LogP contribution in [0.2, 0.25) is 0 Å². The van der Waals surface area contributed by atoms with Crippen LogP contribution in [0, 0.1) is 6.92 Å². The SMILES string of the molecule is CNc1ccc(C)cc1/C=C/C(=O)OC. The topological polar surface area (TPSA) is 38.3 Å². The van der Waals surface area contributed by atoms with Crippen LogP contribution >= 0.6 is 0 Å². The smallest absolute Gasteiger partial charge is 0.330 e. The molecule has 0 atom stereocenters. The molecular formula is C12H15NO2. The highest BCUT2D eigenvalue weighted by Gasteiger charge is 1.98. The maximum atomic E-state index is 10.9. The fourth-order valence-electron chi connectivity index (χ4n) is 1.27. The lowest BCUT2D eigenvalue weighted by molar-refractivity contribution is -0.134. The first kappa shape index (κ1) is 11.3. The Hall–Kier alpha value is -1.77. The normalized spacial score (nSPS) is 10.3. The van der Waals surface area contributed by atoms with Gasteiger partial charge in [0, 0.05) is 18.8 Å². The van der Waals surface area contributed by atoms with E-state index in [9.17, 15) is 4.79 Å². The van der Waals surface area contributed by atoms with E-state index in [0.29, 0.717) is 0 Å². The molecule has 0 saturated carbocycles. The third-order valence-corrected chi connectivity index (χ3v) is 2.08. The summed E-state index contributed by atoms with van der Waals surface area (Å²) >= 11 is 0. The van der Waals surface area contributed by atoms with Crippen molar-refractivity contribution in [3.05, 3.63) is 35.4 Å². The zero-order valence-electron chi connectivity index (χ0n) is 9.20. The lowest BCUT2D eigenvalue weighted by Crippen LogP contribution is -1.95. The van der Waals surface area contributed by atoms with E-state index in [-0.39, 0.29) is 5.97 Å². The number of esters is 1. The summed E-state index contributed by atoms with van der Waals surface area (Å²) in [5.41, 5.74) is 3.11. The number of carbonyl (C=O) groups excluding carboxylic acids is 1. The van der Waals surface area contributed by atoms with Crippen LogP contribution < -0.4 is 5.32 Å². The van der Waals surface area contributed by atoms with Gasteiger partial charge < -0.3 is 10.1 Å². The molecule has 1 rings (SSSR count). The van der Waals surface area contributed by atoms with Gasteiger partial charge in [-0.15, -0.1) is 0 Å².